The van der Waals surface area contributed by atoms with E-state index in [4.69, 9.17) is 10.2 Å². The maximum atomic E-state index is 15.9. The lowest BCUT2D eigenvalue weighted by atomic mass is 9.97. The summed E-state index contributed by atoms with van der Waals surface area (Å²) in [5, 5.41) is 0.00905. The van der Waals surface area contributed by atoms with Crippen LogP contribution in [0.3, 0.4) is 0 Å². The fourth-order valence-electron chi connectivity index (χ4n) is 4.65. The zero-order chi connectivity index (χ0) is 20.6. The van der Waals surface area contributed by atoms with E-state index >= 15 is 4.39 Å². The maximum Gasteiger partial charge on any atom is 0.280 e. The Labute approximate surface area is 165 Å². The molecule has 2 fully saturated rings. The molecule has 2 aliphatic carbocycles. The van der Waals surface area contributed by atoms with E-state index in [9.17, 15) is 4.79 Å². The van der Waals surface area contributed by atoms with Crippen LogP contribution in [0.25, 0.3) is 11.2 Å². The Kier molecular flexibility index (Phi) is 4.11. The Balaban J connectivity index is 1.75. The number of imidazole rings is 1. The van der Waals surface area contributed by atoms with Crippen LogP contribution in [-0.2, 0) is 4.43 Å². The van der Waals surface area contributed by atoms with Gasteiger partial charge in [-0.3, -0.25) is 9.78 Å². The quantitative estimate of drug-likeness (QED) is 0.757. The van der Waals surface area contributed by atoms with Gasteiger partial charge in [-0.1, -0.05) is 27.7 Å². The first-order valence-corrected chi connectivity index (χ1v) is 12.9. The van der Waals surface area contributed by atoms with E-state index in [0.29, 0.717) is 5.65 Å². The van der Waals surface area contributed by atoms with Crippen molar-refractivity contribution in [1.82, 2.24) is 19.5 Å². The predicted octanol–water partition coefficient (Wildman–Crippen LogP) is 3.40. The minimum atomic E-state index is -2.13. The first kappa shape index (κ1) is 19.6. The summed E-state index contributed by atoms with van der Waals surface area (Å²) in [6.07, 6.45) is 1.71. The Morgan fingerprint density at radius 2 is 2.14 bits per heavy atom. The van der Waals surface area contributed by atoms with E-state index in [2.05, 4.69) is 55.7 Å². The average molecular weight is 408 g/mol. The summed E-state index contributed by atoms with van der Waals surface area (Å²) < 4.78 is 24.2. The second-order valence-electron chi connectivity index (χ2n) is 9.91. The first-order chi connectivity index (χ1) is 12.9. The van der Waals surface area contributed by atoms with Gasteiger partial charge in [0.2, 0.25) is 5.95 Å². The second kappa shape index (κ2) is 5.88. The van der Waals surface area contributed by atoms with Gasteiger partial charge < -0.3 is 14.7 Å². The minimum absolute atomic E-state index is 0.00905. The molecule has 0 amide bonds. The van der Waals surface area contributed by atoms with Crippen molar-refractivity contribution in [2.24, 2.45) is 11.3 Å². The zero-order valence-corrected chi connectivity index (χ0v) is 18.4. The SMILES string of the molecule is CC[C@@]12C[C@@H]1[C@@H](n1cnc3c(=O)[nH]c(N)nc31)[C@H](F)[C@@H]2O[Si](C)(C)C(C)(C)C. The highest BCUT2D eigenvalue weighted by molar-refractivity contribution is 6.74. The third-order valence-corrected chi connectivity index (χ3v) is 11.9. The van der Waals surface area contributed by atoms with Crippen LogP contribution in [0.15, 0.2) is 11.1 Å². The molecule has 0 aliphatic heterocycles. The Morgan fingerprint density at radius 3 is 2.75 bits per heavy atom. The van der Waals surface area contributed by atoms with Crippen molar-refractivity contribution in [3.05, 3.63) is 16.7 Å². The molecule has 0 radical (unpaired) electrons. The van der Waals surface area contributed by atoms with Crippen molar-refractivity contribution in [2.75, 3.05) is 5.73 Å². The molecule has 28 heavy (non-hydrogen) atoms. The lowest BCUT2D eigenvalue weighted by Crippen LogP contribution is -2.48. The van der Waals surface area contributed by atoms with E-state index in [1.165, 1.54) is 6.33 Å². The van der Waals surface area contributed by atoms with Crippen molar-refractivity contribution in [3.8, 4) is 0 Å². The summed E-state index contributed by atoms with van der Waals surface area (Å²) in [6.45, 7) is 13.0. The highest BCUT2D eigenvalue weighted by Gasteiger charge is 2.72. The van der Waals surface area contributed by atoms with Gasteiger partial charge in [-0.15, -0.1) is 0 Å². The van der Waals surface area contributed by atoms with Gasteiger partial charge >= 0.3 is 0 Å². The maximum absolute atomic E-state index is 15.9. The molecule has 2 heterocycles. The number of hydrogen-bond acceptors (Lipinski definition) is 5. The summed E-state index contributed by atoms with van der Waals surface area (Å²) in [6, 6.07) is -0.437. The molecule has 0 saturated heterocycles. The molecule has 3 N–H and O–H groups in total. The third-order valence-electron chi connectivity index (χ3n) is 7.43. The predicted molar refractivity (Wildman–Crippen MR) is 109 cm³/mol. The molecule has 5 atom stereocenters. The van der Waals surface area contributed by atoms with Crippen molar-refractivity contribution in [3.63, 3.8) is 0 Å². The lowest BCUT2D eigenvalue weighted by Gasteiger charge is -2.41. The Bertz CT molecular complexity index is 981. The van der Waals surface area contributed by atoms with Crippen LogP contribution in [-0.4, -0.2) is 40.1 Å². The Hall–Kier alpha value is -1.74. The fraction of sp³-hybridized carbons (Fsp3) is 0.737. The number of nitrogen functional groups attached to an aromatic ring is 1. The van der Waals surface area contributed by atoms with Gasteiger partial charge in [-0.25, -0.2) is 9.37 Å². The van der Waals surface area contributed by atoms with Crippen molar-refractivity contribution >= 4 is 25.4 Å². The third kappa shape index (κ3) is 2.58. The number of nitrogens with one attached hydrogen (secondary N) is 1. The Morgan fingerprint density at radius 1 is 1.46 bits per heavy atom. The normalized spacial score (nSPS) is 32.7. The number of nitrogens with zero attached hydrogens (tertiary/aromatic N) is 3. The van der Waals surface area contributed by atoms with Crippen molar-refractivity contribution in [1.29, 1.82) is 0 Å². The second-order valence-corrected chi connectivity index (χ2v) is 14.7. The fourth-order valence-corrected chi connectivity index (χ4v) is 6.00. The largest absolute Gasteiger partial charge is 0.410 e. The van der Waals surface area contributed by atoms with Gasteiger partial charge in [0.25, 0.3) is 5.56 Å². The molecule has 9 heteroatoms. The van der Waals surface area contributed by atoms with E-state index in [-0.39, 0.29) is 27.8 Å². The van der Waals surface area contributed by atoms with Crippen LogP contribution in [0.2, 0.25) is 18.1 Å². The number of aromatic amines is 1. The molecule has 0 bridgehead atoms. The van der Waals surface area contributed by atoms with Crippen LogP contribution < -0.4 is 11.3 Å². The number of nitrogens with two attached hydrogens (primary N) is 1. The number of aromatic nitrogens is 4. The molecule has 0 aromatic carbocycles. The average Bonchev–Trinajstić information content (AvgIpc) is 3.08. The first-order valence-electron chi connectivity index (χ1n) is 9.97. The lowest BCUT2D eigenvalue weighted by molar-refractivity contribution is 0.0389. The van der Waals surface area contributed by atoms with Crippen molar-refractivity contribution in [2.45, 2.75) is 77.0 Å². The molecule has 154 valence electrons. The molecule has 2 aliphatic rings. The van der Waals surface area contributed by atoms with Gasteiger partial charge in [0.15, 0.2) is 19.5 Å². The minimum Gasteiger partial charge on any atom is -0.410 e. The summed E-state index contributed by atoms with van der Waals surface area (Å²) in [5.41, 5.74) is 5.71. The summed E-state index contributed by atoms with van der Waals surface area (Å²) in [4.78, 5) is 23.0. The van der Waals surface area contributed by atoms with Crippen molar-refractivity contribution < 1.29 is 8.82 Å². The highest BCUT2D eigenvalue weighted by Crippen LogP contribution is 2.71. The van der Waals surface area contributed by atoms with Gasteiger partial charge in [0, 0.05) is 5.41 Å². The van der Waals surface area contributed by atoms with Gasteiger partial charge in [-0.05, 0) is 36.9 Å². The number of H-pyrrole nitrogens is 1. The monoisotopic (exact) mass is 407 g/mol. The van der Waals surface area contributed by atoms with Crippen LogP contribution in [0, 0.1) is 11.3 Å². The topological polar surface area (TPSA) is 98.8 Å². The van der Waals surface area contributed by atoms with Crippen LogP contribution in [0.4, 0.5) is 10.3 Å². The molecular formula is C19H30FN5O2Si. The molecule has 2 aromatic rings. The van der Waals surface area contributed by atoms with E-state index in [1.807, 2.05) is 0 Å². The smallest absolute Gasteiger partial charge is 0.280 e. The molecule has 2 saturated carbocycles. The van der Waals surface area contributed by atoms with Crippen LogP contribution in [0.1, 0.15) is 46.6 Å². The molecule has 4 rings (SSSR count). The summed E-state index contributed by atoms with van der Waals surface area (Å²) in [5.74, 6) is 0.168. The van der Waals surface area contributed by atoms with Crippen LogP contribution in [0.5, 0.6) is 0 Å². The van der Waals surface area contributed by atoms with Crippen LogP contribution >= 0.6 is 0 Å². The number of fused-ring (bicyclic) bond motifs is 2. The summed E-state index contributed by atoms with van der Waals surface area (Å²) in [7, 11) is -2.13. The molecule has 0 spiro atoms. The number of alkyl halides is 1. The highest BCUT2D eigenvalue weighted by atomic mass is 28.4. The van der Waals surface area contributed by atoms with Gasteiger partial charge in [-0.2, -0.15) is 4.98 Å². The molecular weight excluding hydrogens is 377 g/mol. The molecule has 0 unspecified atom stereocenters. The molecule has 7 nitrogen and oxygen atoms in total. The molecule has 2 aromatic heterocycles. The van der Waals surface area contributed by atoms with Gasteiger partial charge in [0.1, 0.15) is 6.17 Å². The zero-order valence-electron chi connectivity index (χ0n) is 17.4. The number of hydrogen-bond donors (Lipinski definition) is 2. The number of halogens is 1. The number of anilines is 1. The standard InChI is InChI=1S/C19H30FN5O2Si/c1-7-19-8-10(19)13(11(20)14(19)27-28(5,6)18(2,3)4)25-9-22-12-15(25)23-17(21)24-16(12)26/h9-11,13-14H,7-8H2,1-6H3,(H3,21,23,24,26)/t10-,11+,13-,14+,19-/m1/s1. The van der Waals surface area contributed by atoms with E-state index < -0.39 is 32.2 Å². The van der Waals surface area contributed by atoms with E-state index in [1.54, 1.807) is 4.57 Å². The summed E-state index contributed by atoms with van der Waals surface area (Å²) >= 11 is 0. The van der Waals surface area contributed by atoms with E-state index in [0.717, 1.165) is 12.8 Å². The number of rotatable bonds is 4. The van der Waals surface area contributed by atoms with Gasteiger partial charge in [0.05, 0.1) is 18.5 Å².